The van der Waals surface area contributed by atoms with Crippen molar-refractivity contribution in [2.45, 2.75) is 73.0 Å². The molecule has 1 aliphatic heterocycles. The average molecular weight is 254 g/mol. The summed E-state index contributed by atoms with van der Waals surface area (Å²) in [6.07, 6.45) is 3.24. The summed E-state index contributed by atoms with van der Waals surface area (Å²) in [5.74, 6) is 0.867. The number of nitrogens with one attached hydrogen (secondary N) is 1. The molecule has 0 aliphatic carbocycles. The molecule has 1 fully saturated rings. The number of carbonyl (C=O) groups is 1. The number of amides is 1. The van der Waals surface area contributed by atoms with Crippen molar-refractivity contribution in [3.63, 3.8) is 0 Å². The van der Waals surface area contributed by atoms with Crippen LogP contribution in [0.2, 0.25) is 0 Å². The van der Waals surface area contributed by atoms with Crippen LogP contribution in [-0.4, -0.2) is 29.6 Å². The predicted octanol–water partition coefficient (Wildman–Crippen LogP) is 3.01. The minimum absolute atomic E-state index is 0.0370. The Morgan fingerprint density at radius 3 is 2.39 bits per heavy atom. The van der Waals surface area contributed by atoms with E-state index in [0.717, 1.165) is 25.8 Å². The summed E-state index contributed by atoms with van der Waals surface area (Å²) in [4.78, 5) is 14.4. The summed E-state index contributed by atoms with van der Waals surface area (Å²) in [6.45, 7) is 14.1. The van der Waals surface area contributed by atoms with E-state index in [2.05, 4.69) is 51.8 Å². The summed E-state index contributed by atoms with van der Waals surface area (Å²) in [6, 6.07) is 0.0370. The van der Waals surface area contributed by atoms with E-state index in [4.69, 9.17) is 0 Å². The fraction of sp³-hybridized carbons (Fsp3) is 0.933. The molecular weight excluding hydrogens is 224 g/mol. The van der Waals surface area contributed by atoms with E-state index in [1.807, 2.05) is 0 Å². The zero-order valence-electron chi connectivity index (χ0n) is 12.9. The molecule has 1 amide bonds. The van der Waals surface area contributed by atoms with Gasteiger partial charge in [-0.05, 0) is 30.6 Å². The van der Waals surface area contributed by atoms with Crippen LogP contribution in [0.4, 0.5) is 0 Å². The van der Waals surface area contributed by atoms with Gasteiger partial charge in [0.1, 0.15) is 0 Å². The first-order valence-corrected chi connectivity index (χ1v) is 7.31. The fourth-order valence-electron chi connectivity index (χ4n) is 2.45. The molecular formula is C15H30N2O. The maximum Gasteiger partial charge on any atom is 0.241 e. The minimum Gasteiger partial charge on any atom is -0.326 e. The van der Waals surface area contributed by atoms with Crippen molar-refractivity contribution >= 4 is 5.91 Å². The molecule has 0 spiro atoms. The molecule has 1 heterocycles. The maximum atomic E-state index is 12.4. The highest BCUT2D eigenvalue weighted by Gasteiger charge is 2.37. The van der Waals surface area contributed by atoms with Crippen LogP contribution in [-0.2, 0) is 4.79 Å². The van der Waals surface area contributed by atoms with E-state index in [9.17, 15) is 4.79 Å². The van der Waals surface area contributed by atoms with Gasteiger partial charge < -0.3 is 4.90 Å². The van der Waals surface area contributed by atoms with Crippen LogP contribution in [0, 0.1) is 11.3 Å². The molecule has 2 atom stereocenters. The second-order valence-electron chi connectivity index (χ2n) is 7.12. The molecule has 0 aromatic rings. The van der Waals surface area contributed by atoms with Gasteiger partial charge in [-0.2, -0.15) is 0 Å². The van der Waals surface area contributed by atoms with Gasteiger partial charge in [0.05, 0.1) is 12.2 Å². The smallest absolute Gasteiger partial charge is 0.241 e. The summed E-state index contributed by atoms with van der Waals surface area (Å²) in [5.41, 5.74) is 0.286. The van der Waals surface area contributed by atoms with Gasteiger partial charge in [0.25, 0.3) is 0 Å². The highest BCUT2D eigenvalue weighted by atomic mass is 16.2. The molecule has 3 heteroatoms. The Balaban J connectivity index is 2.62. The number of nitrogens with zero attached hydrogens (tertiary/aromatic N) is 1. The minimum atomic E-state index is 0.0370. The molecule has 0 aromatic carbocycles. The Hall–Kier alpha value is -0.570. The lowest BCUT2D eigenvalue weighted by Gasteiger charge is -2.27. The molecule has 18 heavy (non-hydrogen) atoms. The maximum absolute atomic E-state index is 12.4. The van der Waals surface area contributed by atoms with Gasteiger partial charge in [-0.25, -0.2) is 0 Å². The number of hydrogen-bond acceptors (Lipinski definition) is 2. The van der Waals surface area contributed by atoms with E-state index in [1.165, 1.54) is 0 Å². The van der Waals surface area contributed by atoms with Gasteiger partial charge in [0.2, 0.25) is 5.91 Å². The van der Waals surface area contributed by atoms with Crippen molar-refractivity contribution in [3.8, 4) is 0 Å². The van der Waals surface area contributed by atoms with Crippen LogP contribution in [0.5, 0.6) is 0 Å². The largest absolute Gasteiger partial charge is 0.326 e. The van der Waals surface area contributed by atoms with Crippen molar-refractivity contribution < 1.29 is 4.79 Å². The molecule has 1 saturated heterocycles. The van der Waals surface area contributed by atoms with Crippen LogP contribution in [0.1, 0.15) is 60.8 Å². The Morgan fingerprint density at radius 1 is 1.33 bits per heavy atom. The Labute approximate surface area is 112 Å². The van der Waals surface area contributed by atoms with Gasteiger partial charge in [0.15, 0.2) is 0 Å². The molecule has 0 radical (unpaired) electrons. The molecule has 0 bridgehead atoms. The van der Waals surface area contributed by atoms with E-state index in [0.29, 0.717) is 11.8 Å². The standard InChI is InChI=1S/C15H30N2O/c1-7-13-16-12(10-11(2)3)14(18)17(13)9-8-15(4,5)6/h11-13,16H,7-10H2,1-6H3. The zero-order chi connectivity index (χ0) is 13.9. The molecule has 0 saturated carbocycles. The molecule has 106 valence electrons. The highest BCUT2D eigenvalue weighted by molar-refractivity contribution is 5.84. The first-order valence-electron chi connectivity index (χ1n) is 7.31. The van der Waals surface area contributed by atoms with Gasteiger partial charge >= 0.3 is 0 Å². The predicted molar refractivity (Wildman–Crippen MR) is 76.2 cm³/mol. The monoisotopic (exact) mass is 254 g/mol. The van der Waals surface area contributed by atoms with Crippen molar-refractivity contribution in [1.29, 1.82) is 0 Å². The summed E-state index contributed by atoms with van der Waals surface area (Å²) in [5, 5.41) is 3.48. The third-order valence-corrected chi connectivity index (χ3v) is 3.55. The van der Waals surface area contributed by atoms with Crippen molar-refractivity contribution in [2.24, 2.45) is 11.3 Å². The molecule has 1 N–H and O–H groups in total. The summed E-state index contributed by atoms with van der Waals surface area (Å²) >= 11 is 0. The van der Waals surface area contributed by atoms with Crippen LogP contribution < -0.4 is 5.32 Å². The van der Waals surface area contributed by atoms with Crippen LogP contribution in [0.25, 0.3) is 0 Å². The Kier molecular flexibility index (Phi) is 5.20. The number of hydrogen-bond donors (Lipinski definition) is 1. The number of rotatable bonds is 5. The van der Waals surface area contributed by atoms with Gasteiger partial charge in [-0.3, -0.25) is 10.1 Å². The molecule has 1 aliphatic rings. The lowest BCUT2D eigenvalue weighted by molar-refractivity contribution is -0.130. The quantitative estimate of drug-likeness (QED) is 0.818. The van der Waals surface area contributed by atoms with E-state index in [1.54, 1.807) is 0 Å². The Bertz CT molecular complexity index is 281. The van der Waals surface area contributed by atoms with Crippen molar-refractivity contribution in [3.05, 3.63) is 0 Å². The van der Waals surface area contributed by atoms with Crippen LogP contribution in [0.15, 0.2) is 0 Å². The lowest BCUT2D eigenvalue weighted by atomic mass is 9.92. The number of carbonyl (C=O) groups excluding carboxylic acids is 1. The van der Waals surface area contributed by atoms with E-state index >= 15 is 0 Å². The summed E-state index contributed by atoms with van der Waals surface area (Å²) < 4.78 is 0. The Morgan fingerprint density at radius 2 is 1.94 bits per heavy atom. The van der Waals surface area contributed by atoms with E-state index < -0.39 is 0 Å². The first kappa shape index (κ1) is 15.5. The molecule has 2 unspecified atom stereocenters. The SMILES string of the molecule is CCC1NC(CC(C)C)C(=O)N1CCC(C)(C)C. The van der Waals surface area contributed by atoms with Gasteiger partial charge in [0, 0.05) is 6.54 Å². The topological polar surface area (TPSA) is 32.3 Å². The first-order chi connectivity index (χ1) is 8.24. The molecule has 3 nitrogen and oxygen atoms in total. The van der Waals surface area contributed by atoms with Gasteiger partial charge in [-0.1, -0.05) is 41.5 Å². The third kappa shape index (κ3) is 4.27. The van der Waals surface area contributed by atoms with E-state index in [-0.39, 0.29) is 17.6 Å². The molecule has 0 aromatic heterocycles. The van der Waals surface area contributed by atoms with Crippen LogP contribution >= 0.6 is 0 Å². The average Bonchev–Trinajstić information content (AvgIpc) is 2.51. The fourth-order valence-corrected chi connectivity index (χ4v) is 2.45. The van der Waals surface area contributed by atoms with Crippen LogP contribution in [0.3, 0.4) is 0 Å². The normalized spacial score (nSPS) is 25.3. The zero-order valence-corrected chi connectivity index (χ0v) is 12.9. The van der Waals surface area contributed by atoms with Crippen molar-refractivity contribution in [2.75, 3.05) is 6.54 Å². The highest BCUT2D eigenvalue weighted by Crippen LogP contribution is 2.23. The third-order valence-electron chi connectivity index (χ3n) is 3.55. The van der Waals surface area contributed by atoms with Crippen molar-refractivity contribution in [1.82, 2.24) is 10.2 Å². The lowest BCUT2D eigenvalue weighted by Crippen LogP contribution is -2.38. The van der Waals surface area contributed by atoms with Gasteiger partial charge in [-0.15, -0.1) is 0 Å². The second kappa shape index (κ2) is 6.05. The second-order valence-corrected chi connectivity index (χ2v) is 7.12. The molecule has 1 rings (SSSR count). The summed E-state index contributed by atoms with van der Waals surface area (Å²) in [7, 11) is 0.